The molecule has 0 spiro atoms. The van der Waals surface area contributed by atoms with Crippen LogP contribution in [0, 0.1) is 10.1 Å². The van der Waals surface area contributed by atoms with Crippen LogP contribution in [0.5, 0.6) is 0 Å². The van der Waals surface area contributed by atoms with Gasteiger partial charge in [-0.2, -0.15) is 0 Å². The van der Waals surface area contributed by atoms with Gasteiger partial charge in [0.2, 0.25) is 0 Å². The SMILES string of the molecule is CC.CC.CC.O=[N+]([O-])c1ccc(N2CCNC2)cn1. The van der Waals surface area contributed by atoms with Crippen LogP contribution in [0.4, 0.5) is 11.5 Å². The number of nitrogens with zero attached hydrogens (tertiary/aromatic N) is 3. The molecule has 0 atom stereocenters. The van der Waals surface area contributed by atoms with E-state index >= 15 is 0 Å². The van der Waals surface area contributed by atoms with Gasteiger partial charge in [-0.1, -0.05) is 41.5 Å². The molecule has 1 saturated heterocycles. The highest BCUT2D eigenvalue weighted by atomic mass is 16.6. The quantitative estimate of drug-likeness (QED) is 0.665. The van der Waals surface area contributed by atoms with Crippen LogP contribution >= 0.6 is 0 Å². The van der Waals surface area contributed by atoms with Crippen LogP contribution in [0.15, 0.2) is 18.3 Å². The summed E-state index contributed by atoms with van der Waals surface area (Å²) in [7, 11) is 0. The second-order valence-corrected chi connectivity index (χ2v) is 3.05. The van der Waals surface area contributed by atoms with E-state index in [0.717, 1.165) is 25.4 Å². The molecule has 1 N–H and O–H groups in total. The first-order valence-electron chi connectivity index (χ1n) is 7.33. The summed E-state index contributed by atoms with van der Waals surface area (Å²) in [6, 6.07) is 3.14. The van der Waals surface area contributed by atoms with Crippen molar-refractivity contribution in [1.29, 1.82) is 0 Å². The Morgan fingerprint density at radius 2 is 1.80 bits per heavy atom. The minimum atomic E-state index is -0.494. The molecule has 1 aromatic rings. The maximum atomic E-state index is 10.4. The van der Waals surface area contributed by atoms with Gasteiger partial charge < -0.3 is 15.0 Å². The van der Waals surface area contributed by atoms with Crippen molar-refractivity contribution in [2.24, 2.45) is 0 Å². The second-order valence-electron chi connectivity index (χ2n) is 3.05. The predicted molar refractivity (Wildman–Crippen MR) is 85.2 cm³/mol. The molecule has 116 valence electrons. The van der Waals surface area contributed by atoms with Gasteiger partial charge in [0, 0.05) is 19.2 Å². The molecular weight excluding hydrogens is 256 g/mol. The summed E-state index contributed by atoms with van der Waals surface area (Å²) in [6.45, 7) is 14.6. The predicted octanol–water partition coefficient (Wildman–Crippen LogP) is 3.44. The molecule has 2 heterocycles. The first-order valence-corrected chi connectivity index (χ1v) is 7.33. The molecule has 6 heteroatoms. The van der Waals surface area contributed by atoms with Crippen LogP contribution in [-0.4, -0.2) is 29.7 Å². The van der Waals surface area contributed by atoms with Gasteiger partial charge >= 0.3 is 5.82 Å². The Labute approximate surface area is 122 Å². The van der Waals surface area contributed by atoms with Crippen LogP contribution in [0.2, 0.25) is 0 Å². The highest BCUT2D eigenvalue weighted by Gasteiger charge is 2.14. The van der Waals surface area contributed by atoms with Crippen molar-refractivity contribution in [2.75, 3.05) is 24.7 Å². The standard InChI is InChI=1S/C8H10N4O2.3C2H6/c13-12(14)8-2-1-7(5-10-8)11-4-3-9-6-11;3*1-2/h1-2,5,9H,3-4,6H2;3*1-2H3. The number of nitrogens with one attached hydrogen (secondary N) is 1. The van der Waals surface area contributed by atoms with Gasteiger partial charge in [0.15, 0.2) is 6.20 Å². The summed E-state index contributed by atoms with van der Waals surface area (Å²) in [5, 5.41) is 13.5. The Morgan fingerprint density at radius 1 is 1.20 bits per heavy atom. The zero-order chi connectivity index (χ0) is 16.0. The van der Waals surface area contributed by atoms with E-state index in [2.05, 4.69) is 15.2 Å². The van der Waals surface area contributed by atoms with Gasteiger partial charge in [-0.05, 0) is 16.0 Å². The van der Waals surface area contributed by atoms with Gasteiger partial charge in [-0.15, -0.1) is 0 Å². The molecule has 1 aliphatic heterocycles. The third-order valence-electron chi connectivity index (χ3n) is 2.15. The number of aromatic nitrogens is 1. The number of hydrogen-bond donors (Lipinski definition) is 1. The summed E-state index contributed by atoms with van der Waals surface area (Å²) in [5.41, 5.74) is 0.917. The fourth-order valence-corrected chi connectivity index (χ4v) is 1.40. The minimum absolute atomic E-state index is 0.110. The Balaban J connectivity index is 0. The summed E-state index contributed by atoms with van der Waals surface area (Å²) in [6.07, 6.45) is 1.53. The monoisotopic (exact) mass is 284 g/mol. The lowest BCUT2D eigenvalue weighted by Crippen LogP contribution is -2.20. The first-order chi connectivity index (χ1) is 9.77. The van der Waals surface area contributed by atoms with Gasteiger partial charge in [0.1, 0.15) is 0 Å². The van der Waals surface area contributed by atoms with Gasteiger partial charge in [0.25, 0.3) is 0 Å². The van der Waals surface area contributed by atoms with E-state index in [1.807, 2.05) is 41.5 Å². The Bertz CT molecular complexity index is 336. The van der Waals surface area contributed by atoms with Crippen molar-refractivity contribution in [3.05, 3.63) is 28.4 Å². The third-order valence-corrected chi connectivity index (χ3v) is 2.15. The zero-order valence-corrected chi connectivity index (χ0v) is 13.5. The van der Waals surface area contributed by atoms with Crippen molar-refractivity contribution < 1.29 is 4.92 Å². The Morgan fingerprint density at radius 3 is 2.15 bits per heavy atom. The van der Waals surface area contributed by atoms with Crippen molar-refractivity contribution in [3.63, 3.8) is 0 Å². The molecule has 2 rings (SSSR count). The maximum absolute atomic E-state index is 10.4. The Hall–Kier alpha value is -1.69. The van der Waals surface area contributed by atoms with Gasteiger partial charge in [-0.25, -0.2) is 0 Å². The lowest BCUT2D eigenvalue weighted by molar-refractivity contribution is -0.389. The van der Waals surface area contributed by atoms with E-state index in [1.165, 1.54) is 12.3 Å². The zero-order valence-electron chi connectivity index (χ0n) is 13.5. The first kappa shape index (κ1) is 20.6. The molecule has 0 bridgehead atoms. The fraction of sp³-hybridized carbons (Fsp3) is 0.643. The molecule has 20 heavy (non-hydrogen) atoms. The number of nitro groups is 1. The van der Waals surface area contributed by atoms with E-state index in [1.54, 1.807) is 6.07 Å². The van der Waals surface area contributed by atoms with Crippen LogP contribution in [0.1, 0.15) is 41.5 Å². The number of pyridine rings is 1. The number of hydrogen-bond acceptors (Lipinski definition) is 5. The lowest BCUT2D eigenvalue weighted by Gasteiger charge is -2.13. The highest BCUT2D eigenvalue weighted by molar-refractivity contribution is 5.47. The largest absolute Gasteiger partial charge is 0.363 e. The summed E-state index contributed by atoms with van der Waals surface area (Å²) in [4.78, 5) is 15.7. The van der Waals surface area contributed by atoms with E-state index in [4.69, 9.17) is 0 Å². The molecule has 0 aliphatic carbocycles. The number of anilines is 1. The molecule has 1 fully saturated rings. The number of rotatable bonds is 2. The van der Waals surface area contributed by atoms with Crippen LogP contribution in [0.25, 0.3) is 0 Å². The molecule has 0 radical (unpaired) electrons. The molecule has 0 saturated carbocycles. The van der Waals surface area contributed by atoms with Crippen LogP contribution in [0.3, 0.4) is 0 Å². The molecule has 6 nitrogen and oxygen atoms in total. The fourth-order valence-electron chi connectivity index (χ4n) is 1.40. The Kier molecular flexibility index (Phi) is 14.2. The summed E-state index contributed by atoms with van der Waals surface area (Å²) in [5.74, 6) is -0.110. The van der Waals surface area contributed by atoms with E-state index in [9.17, 15) is 10.1 Å². The van der Waals surface area contributed by atoms with Gasteiger partial charge in [0.05, 0.1) is 12.4 Å². The average molecular weight is 284 g/mol. The summed E-state index contributed by atoms with van der Waals surface area (Å²) >= 11 is 0. The second kappa shape index (κ2) is 13.7. The normalized spacial score (nSPS) is 12.0. The molecule has 1 aromatic heterocycles. The average Bonchev–Trinajstić information content (AvgIpc) is 3.08. The minimum Gasteiger partial charge on any atom is -0.358 e. The summed E-state index contributed by atoms with van der Waals surface area (Å²) < 4.78 is 0. The maximum Gasteiger partial charge on any atom is 0.363 e. The van der Waals surface area contributed by atoms with Crippen molar-refractivity contribution in [2.45, 2.75) is 41.5 Å². The van der Waals surface area contributed by atoms with E-state index in [-0.39, 0.29) is 5.82 Å². The van der Waals surface area contributed by atoms with Gasteiger partial charge in [-0.3, -0.25) is 5.32 Å². The molecule has 1 aliphatic rings. The molecule has 0 unspecified atom stereocenters. The van der Waals surface area contributed by atoms with Crippen LogP contribution < -0.4 is 10.2 Å². The van der Waals surface area contributed by atoms with Crippen molar-refractivity contribution >= 4 is 11.5 Å². The molecule has 0 amide bonds. The van der Waals surface area contributed by atoms with E-state index in [0.29, 0.717) is 0 Å². The molecular formula is C14H28N4O2. The smallest absolute Gasteiger partial charge is 0.358 e. The third kappa shape index (κ3) is 7.04. The van der Waals surface area contributed by atoms with Crippen molar-refractivity contribution in [1.82, 2.24) is 10.3 Å². The van der Waals surface area contributed by atoms with Crippen molar-refractivity contribution in [3.8, 4) is 0 Å². The molecule has 0 aromatic carbocycles. The van der Waals surface area contributed by atoms with E-state index < -0.39 is 4.92 Å². The lowest BCUT2D eigenvalue weighted by atomic mass is 10.4. The highest BCUT2D eigenvalue weighted by Crippen LogP contribution is 2.16. The van der Waals surface area contributed by atoms with Crippen LogP contribution in [-0.2, 0) is 0 Å². The topological polar surface area (TPSA) is 71.3 Å².